The molecule has 0 aromatic heterocycles. The van der Waals surface area contributed by atoms with Gasteiger partial charge in [-0.2, -0.15) is 5.10 Å². The molecule has 29 heavy (non-hydrogen) atoms. The van der Waals surface area contributed by atoms with Gasteiger partial charge < -0.3 is 5.32 Å². The molecule has 3 aromatic carbocycles. The molecule has 0 atom stereocenters. The molecule has 0 spiro atoms. The Morgan fingerprint density at radius 3 is 2.24 bits per heavy atom. The molecule has 0 aliphatic heterocycles. The maximum Gasteiger partial charge on any atom is 0.273 e. The Balaban J connectivity index is 1.60. The van der Waals surface area contributed by atoms with Crippen molar-refractivity contribution >= 4 is 35.3 Å². The first-order valence-electron chi connectivity index (χ1n) is 9.16. The van der Waals surface area contributed by atoms with Crippen LogP contribution in [0.3, 0.4) is 0 Å². The first-order valence-corrected chi connectivity index (χ1v) is 9.53. The third-order valence-corrected chi connectivity index (χ3v) is 4.53. The maximum absolute atomic E-state index is 12.5. The molecule has 0 radical (unpaired) electrons. The number of nitrogens with one attached hydrogen (secondary N) is 2. The van der Waals surface area contributed by atoms with E-state index in [1.165, 1.54) is 5.56 Å². The first-order chi connectivity index (χ1) is 14.1. The Labute approximate surface area is 174 Å². The summed E-state index contributed by atoms with van der Waals surface area (Å²) >= 11 is 6.07. The minimum absolute atomic E-state index is 0.313. The summed E-state index contributed by atoms with van der Waals surface area (Å²) in [5.41, 5.74) is 4.74. The monoisotopic (exact) mass is 405 g/mol. The molecule has 146 valence electrons. The highest BCUT2D eigenvalue weighted by atomic mass is 35.5. The largest absolute Gasteiger partial charge is 0.321 e. The molecule has 0 fully saturated rings. The molecule has 0 saturated carbocycles. The number of anilines is 1. The van der Waals surface area contributed by atoms with Gasteiger partial charge in [0.1, 0.15) is 0 Å². The fraction of sp³-hybridized carbons (Fsp3) is 0.0870. The highest BCUT2D eigenvalue weighted by Crippen LogP contribution is 2.19. The number of hydrogen-bond donors (Lipinski definition) is 2. The molecule has 2 N–H and O–H groups in total. The van der Waals surface area contributed by atoms with Crippen molar-refractivity contribution in [1.82, 2.24) is 5.43 Å². The predicted molar refractivity (Wildman–Crippen MR) is 117 cm³/mol. The molecule has 0 unspecified atom stereocenters. The van der Waals surface area contributed by atoms with Crippen molar-refractivity contribution in [3.8, 4) is 0 Å². The number of aryl methyl sites for hydroxylation is 1. The van der Waals surface area contributed by atoms with Crippen LogP contribution in [0.5, 0.6) is 0 Å². The number of benzene rings is 3. The minimum atomic E-state index is -0.406. The highest BCUT2D eigenvalue weighted by Gasteiger charge is 2.15. The fourth-order valence-corrected chi connectivity index (χ4v) is 2.95. The van der Waals surface area contributed by atoms with Crippen LogP contribution in [0.2, 0.25) is 5.02 Å². The van der Waals surface area contributed by atoms with Crippen LogP contribution in [-0.2, 0) is 6.42 Å². The molecule has 3 aromatic rings. The molecule has 5 nitrogen and oxygen atoms in total. The van der Waals surface area contributed by atoms with Crippen molar-refractivity contribution in [1.29, 1.82) is 0 Å². The molecular weight excluding hydrogens is 386 g/mol. The summed E-state index contributed by atoms with van der Waals surface area (Å²) in [6, 6.07) is 23.5. The molecular formula is C23H20ClN3O2. The molecule has 0 bridgehead atoms. The Morgan fingerprint density at radius 2 is 1.48 bits per heavy atom. The smallest absolute Gasteiger partial charge is 0.273 e. The van der Waals surface area contributed by atoms with Crippen molar-refractivity contribution in [3.63, 3.8) is 0 Å². The molecule has 6 heteroatoms. The van der Waals surface area contributed by atoms with Gasteiger partial charge in [-0.15, -0.1) is 0 Å². The summed E-state index contributed by atoms with van der Waals surface area (Å²) in [5, 5.41) is 7.08. The van der Waals surface area contributed by atoms with E-state index in [0.717, 1.165) is 6.42 Å². The lowest BCUT2D eigenvalue weighted by Crippen LogP contribution is -2.21. The molecule has 3 rings (SSSR count). The zero-order valence-electron chi connectivity index (χ0n) is 15.6. The summed E-state index contributed by atoms with van der Waals surface area (Å²) in [4.78, 5) is 25.0. The Hall–Kier alpha value is -3.44. The summed E-state index contributed by atoms with van der Waals surface area (Å²) in [6.45, 7) is 0. The second kappa shape index (κ2) is 10.2. The van der Waals surface area contributed by atoms with E-state index in [1.54, 1.807) is 54.7 Å². The van der Waals surface area contributed by atoms with E-state index in [0.29, 0.717) is 28.3 Å². The predicted octanol–water partition coefficient (Wildman–Crippen LogP) is 4.94. The minimum Gasteiger partial charge on any atom is -0.321 e. The first kappa shape index (κ1) is 20.3. The Bertz CT molecular complexity index is 1020. The van der Waals surface area contributed by atoms with Crippen LogP contribution in [0.25, 0.3) is 0 Å². The molecule has 0 saturated heterocycles. The number of carbonyl (C=O) groups excluding carboxylic acids is 2. The summed E-state index contributed by atoms with van der Waals surface area (Å²) in [7, 11) is 0. The molecule has 0 heterocycles. The van der Waals surface area contributed by atoms with Gasteiger partial charge in [-0.05, 0) is 42.7 Å². The van der Waals surface area contributed by atoms with E-state index in [1.807, 2.05) is 30.3 Å². The van der Waals surface area contributed by atoms with E-state index in [4.69, 9.17) is 11.6 Å². The number of halogens is 1. The summed E-state index contributed by atoms with van der Waals surface area (Å²) in [6.07, 6.45) is 3.20. The van der Waals surface area contributed by atoms with Gasteiger partial charge in [-0.25, -0.2) is 5.43 Å². The quantitative estimate of drug-likeness (QED) is 0.431. The topological polar surface area (TPSA) is 70.6 Å². The van der Waals surface area contributed by atoms with E-state index in [2.05, 4.69) is 15.8 Å². The standard InChI is InChI=1S/C23H20ClN3O2/c24-20-14-6-4-12-18(20)22(28)26-21-15-7-5-13-19(21)23(29)27-25-16-8-11-17-9-2-1-3-10-17/h1-7,9-10,12-16H,8,11H2,(H,26,28)(H,27,29)/b25-16-. The van der Waals surface area contributed by atoms with Gasteiger partial charge in [0, 0.05) is 6.21 Å². The van der Waals surface area contributed by atoms with Gasteiger partial charge >= 0.3 is 0 Å². The fourth-order valence-electron chi connectivity index (χ4n) is 2.73. The number of carbonyl (C=O) groups is 2. The van der Waals surface area contributed by atoms with Crippen LogP contribution in [0.1, 0.15) is 32.7 Å². The lowest BCUT2D eigenvalue weighted by molar-refractivity contribution is 0.0956. The average molecular weight is 406 g/mol. The lowest BCUT2D eigenvalue weighted by Gasteiger charge is -2.10. The maximum atomic E-state index is 12.5. The van der Waals surface area contributed by atoms with Gasteiger partial charge in [-0.3, -0.25) is 9.59 Å². The van der Waals surface area contributed by atoms with E-state index in [9.17, 15) is 9.59 Å². The Morgan fingerprint density at radius 1 is 0.828 bits per heavy atom. The number of para-hydroxylation sites is 1. The molecule has 0 aliphatic rings. The number of hydrogen-bond acceptors (Lipinski definition) is 3. The zero-order valence-corrected chi connectivity index (χ0v) is 16.4. The zero-order chi connectivity index (χ0) is 20.5. The normalized spacial score (nSPS) is 10.7. The van der Waals surface area contributed by atoms with Gasteiger partial charge in [0.2, 0.25) is 0 Å². The summed E-state index contributed by atoms with van der Waals surface area (Å²) in [5.74, 6) is -0.793. The van der Waals surface area contributed by atoms with Gasteiger partial charge in [0.15, 0.2) is 0 Å². The van der Waals surface area contributed by atoms with Crippen molar-refractivity contribution < 1.29 is 9.59 Å². The van der Waals surface area contributed by atoms with Crippen LogP contribution in [-0.4, -0.2) is 18.0 Å². The lowest BCUT2D eigenvalue weighted by atomic mass is 10.1. The van der Waals surface area contributed by atoms with E-state index < -0.39 is 5.91 Å². The van der Waals surface area contributed by atoms with Crippen molar-refractivity contribution in [2.45, 2.75) is 12.8 Å². The van der Waals surface area contributed by atoms with Crippen LogP contribution in [0.4, 0.5) is 5.69 Å². The third-order valence-electron chi connectivity index (χ3n) is 4.20. The van der Waals surface area contributed by atoms with Crippen LogP contribution in [0.15, 0.2) is 84.0 Å². The second-order valence-electron chi connectivity index (χ2n) is 6.26. The molecule has 0 aliphatic carbocycles. The Kier molecular flexibility index (Phi) is 7.14. The van der Waals surface area contributed by atoms with Crippen molar-refractivity contribution in [2.75, 3.05) is 5.32 Å². The van der Waals surface area contributed by atoms with Gasteiger partial charge in [-0.1, -0.05) is 66.2 Å². The SMILES string of the molecule is O=C(Nc1ccccc1C(=O)N/N=C\CCc1ccccc1)c1ccccc1Cl. The third kappa shape index (κ3) is 5.77. The highest BCUT2D eigenvalue weighted by molar-refractivity contribution is 6.34. The van der Waals surface area contributed by atoms with Gasteiger partial charge in [0.05, 0.1) is 21.8 Å². The summed E-state index contributed by atoms with van der Waals surface area (Å²) < 4.78 is 0. The number of hydrazone groups is 1. The van der Waals surface area contributed by atoms with Crippen molar-refractivity contribution in [3.05, 3.63) is 101 Å². The van der Waals surface area contributed by atoms with Crippen LogP contribution >= 0.6 is 11.6 Å². The second-order valence-corrected chi connectivity index (χ2v) is 6.66. The van der Waals surface area contributed by atoms with Crippen molar-refractivity contribution in [2.24, 2.45) is 5.10 Å². The van der Waals surface area contributed by atoms with Gasteiger partial charge in [0.25, 0.3) is 11.8 Å². The number of nitrogens with zero attached hydrogens (tertiary/aromatic N) is 1. The number of rotatable bonds is 7. The molecule has 2 amide bonds. The van der Waals surface area contributed by atoms with E-state index >= 15 is 0 Å². The van der Waals surface area contributed by atoms with Crippen LogP contribution < -0.4 is 10.7 Å². The van der Waals surface area contributed by atoms with E-state index in [-0.39, 0.29) is 5.91 Å². The number of amides is 2. The van der Waals surface area contributed by atoms with Crippen LogP contribution in [0, 0.1) is 0 Å². The average Bonchev–Trinajstić information content (AvgIpc) is 2.74.